The maximum Gasteiger partial charge on any atom is 0.267 e. The van der Waals surface area contributed by atoms with E-state index in [2.05, 4.69) is 6.07 Å². The number of hydrogen-bond acceptors (Lipinski definition) is 3. The lowest BCUT2D eigenvalue weighted by Crippen LogP contribution is -2.40. The van der Waals surface area contributed by atoms with Crippen LogP contribution in [0.25, 0.3) is 10.8 Å². The van der Waals surface area contributed by atoms with Crippen molar-refractivity contribution in [1.82, 2.24) is 0 Å². The average Bonchev–Trinajstić information content (AvgIpc) is 2.68. The zero-order valence-corrected chi connectivity index (χ0v) is 14.8. The third kappa shape index (κ3) is 3.52. The second-order valence-corrected chi connectivity index (χ2v) is 5.98. The van der Waals surface area contributed by atoms with Crippen LogP contribution in [0.5, 0.6) is 5.75 Å². The number of nitrogens with zero attached hydrogens (tertiary/aromatic N) is 2. The van der Waals surface area contributed by atoms with E-state index in [1.54, 1.807) is 36.1 Å². The van der Waals surface area contributed by atoms with Gasteiger partial charge in [0.25, 0.3) is 5.91 Å². The molecule has 3 aromatic rings. The molecule has 0 aromatic heterocycles. The number of ether oxygens (including phenoxy) is 1. The number of fused-ring (bicyclic) bond motifs is 1. The lowest BCUT2D eigenvalue weighted by atomic mass is 10.1. The molecule has 0 aliphatic carbocycles. The molecular weight excluding hydrogens is 324 g/mol. The van der Waals surface area contributed by atoms with Gasteiger partial charge in [0, 0.05) is 11.9 Å². The van der Waals surface area contributed by atoms with Gasteiger partial charge in [-0.25, -0.2) is 0 Å². The highest BCUT2D eigenvalue weighted by molar-refractivity contribution is 6.05. The van der Waals surface area contributed by atoms with Gasteiger partial charge in [0.1, 0.15) is 5.75 Å². The van der Waals surface area contributed by atoms with E-state index < -0.39 is 6.10 Å². The van der Waals surface area contributed by atoms with Crippen LogP contribution < -0.4 is 9.64 Å². The van der Waals surface area contributed by atoms with Crippen LogP contribution in [0.1, 0.15) is 19.4 Å². The van der Waals surface area contributed by atoms with Gasteiger partial charge in [-0.2, -0.15) is 5.26 Å². The molecule has 3 aromatic carbocycles. The fraction of sp³-hybridized carbons (Fsp3) is 0.182. The molecule has 0 spiro atoms. The Bertz CT molecular complexity index is 970. The smallest absolute Gasteiger partial charge is 0.267 e. The first-order valence-electron chi connectivity index (χ1n) is 8.60. The van der Waals surface area contributed by atoms with Gasteiger partial charge in [-0.3, -0.25) is 4.79 Å². The fourth-order valence-electron chi connectivity index (χ4n) is 3.00. The van der Waals surface area contributed by atoms with Gasteiger partial charge in [-0.15, -0.1) is 0 Å². The molecule has 0 bridgehead atoms. The molecule has 0 saturated carbocycles. The Morgan fingerprint density at radius 2 is 1.85 bits per heavy atom. The van der Waals surface area contributed by atoms with Crippen LogP contribution in [0.4, 0.5) is 5.69 Å². The summed E-state index contributed by atoms with van der Waals surface area (Å²) in [5.41, 5.74) is 1.38. The topological polar surface area (TPSA) is 53.3 Å². The first-order valence-corrected chi connectivity index (χ1v) is 8.60. The van der Waals surface area contributed by atoms with Crippen LogP contribution in [0.2, 0.25) is 0 Å². The summed E-state index contributed by atoms with van der Waals surface area (Å²) in [4.78, 5) is 14.8. The molecule has 0 fully saturated rings. The fourth-order valence-corrected chi connectivity index (χ4v) is 3.00. The normalized spacial score (nSPS) is 11.6. The minimum atomic E-state index is -0.664. The zero-order valence-electron chi connectivity index (χ0n) is 14.8. The molecule has 4 heteroatoms. The van der Waals surface area contributed by atoms with Crippen molar-refractivity contribution in [3.05, 3.63) is 72.3 Å². The van der Waals surface area contributed by atoms with Gasteiger partial charge in [-0.05, 0) is 43.5 Å². The van der Waals surface area contributed by atoms with Crippen LogP contribution in [0, 0.1) is 11.3 Å². The van der Waals surface area contributed by atoms with Crippen LogP contribution in [-0.4, -0.2) is 18.6 Å². The molecule has 0 aliphatic heterocycles. The van der Waals surface area contributed by atoms with Crippen molar-refractivity contribution < 1.29 is 9.53 Å². The molecule has 26 heavy (non-hydrogen) atoms. The first kappa shape index (κ1) is 17.5. The second kappa shape index (κ2) is 7.71. The summed E-state index contributed by atoms with van der Waals surface area (Å²) in [5.74, 6) is 0.394. The number of likely N-dealkylation sites (N-methyl/N-ethyl adjacent to an activating group) is 1. The average molecular weight is 344 g/mol. The number of hydrogen-bond donors (Lipinski definition) is 0. The van der Waals surface area contributed by atoms with Crippen LogP contribution in [-0.2, 0) is 4.79 Å². The number of carbonyl (C=O) groups excluding carboxylic acids is 1. The van der Waals surface area contributed by atoms with Crippen molar-refractivity contribution in [3.8, 4) is 11.8 Å². The molecule has 0 N–H and O–H groups in total. The van der Waals surface area contributed by atoms with Crippen molar-refractivity contribution >= 4 is 22.4 Å². The Morgan fingerprint density at radius 1 is 1.12 bits per heavy atom. The predicted molar refractivity (Wildman–Crippen MR) is 103 cm³/mol. The van der Waals surface area contributed by atoms with Gasteiger partial charge < -0.3 is 9.64 Å². The third-order valence-corrected chi connectivity index (χ3v) is 4.26. The van der Waals surface area contributed by atoms with E-state index in [1.165, 1.54) is 0 Å². The maximum atomic E-state index is 13.0. The Balaban J connectivity index is 1.87. The number of nitriles is 1. The van der Waals surface area contributed by atoms with Gasteiger partial charge >= 0.3 is 0 Å². The van der Waals surface area contributed by atoms with E-state index in [0.717, 1.165) is 16.5 Å². The quantitative estimate of drug-likeness (QED) is 0.683. The highest BCUT2D eigenvalue weighted by atomic mass is 16.5. The van der Waals surface area contributed by atoms with Crippen molar-refractivity contribution in [2.24, 2.45) is 0 Å². The zero-order chi connectivity index (χ0) is 18.5. The molecule has 0 heterocycles. The first-order chi connectivity index (χ1) is 12.6. The van der Waals surface area contributed by atoms with Gasteiger partial charge in [0.15, 0.2) is 6.10 Å². The van der Waals surface area contributed by atoms with E-state index in [-0.39, 0.29) is 5.91 Å². The minimum absolute atomic E-state index is 0.119. The van der Waals surface area contributed by atoms with Gasteiger partial charge in [-0.1, -0.05) is 42.5 Å². The number of carbonyl (C=O) groups is 1. The highest BCUT2D eigenvalue weighted by Crippen LogP contribution is 2.27. The summed E-state index contributed by atoms with van der Waals surface area (Å²) in [6, 6.07) is 22.8. The van der Waals surface area contributed by atoms with E-state index in [1.807, 2.05) is 49.4 Å². The Kier molecular flexibility index (Phi) is 5.19. The highest BCUT2D eigenvalue weighted by Gasteiger charge is 2.23. The number of amides is 1. The predicted octanol–water partition coefficient (Wildman–Crippen LogP) is 4.53. The lowest BCUT2D eigenvalue weighted by molar-refractivity contribution is -0.124. The lowest BCUT2D eigenvalue weighted by Gasteiger charge is -2.26. The van der Waals surface area contributed by atoms with Gasteiger partial charge in [0.05, 0.1) is 17.3 Å². The van der Waals surface area contributed by atoms with E-state index in [0.29, 0.717) is 17.9 Å². The SMILES string of the molecule is CCN(C(=O)C(C)Oc1cccc(C#N)c1)c1cccc2ccccc12. The Labute approximate surface area is 153 Å². The molecular formula is C22H20N2O2. The monoisotopic (exact) mass is 344 g/mol. The molecule has 0 aliphatic rings. The maximum absolute atomic E-state index is 13.0. The molecule has 1 atom stereocenters. The second-order valence-electron chi connectivity index (χ2n) is 5.98. The van der Waals surface area contributed by atoms with Crippen molar-refractivity contribution in [3.63, 3.8) is 0 Å². The summed E-state index contributed by atoms with van der Waals surface area (Å²) in [7, 11) is 0. The largest absolute Gasteiger partial charge is 0.481 e. The standard InChI is InChI=1S/C22H20N2O2/c1-3-24(21-13-7-10-18-9-4-5-12-20(18)21)22(25)16(2)26-19-11-6-8-17(14-19)15-23/h4-14,16H,3H2,1-2H3. The molecule has 1 amide bonds. The molecule has 4 nitrogen and oxygen atoms in total. The summed E-state index contributed by atoms with van der Waals surface area (Å²) in [6.07, 6.45) is -0.664. The number of benzene rings is 3. The van der Waals surface area contributed by atoms with E-state index in [9.17, 15) is 4.79 Å². The van der Waals surface area contributed by atoms with E-state index in [4.69, 9.17) is 10.00 Å². The van der Waals surface area contributed by atoms with Crippen molar-refractivity contribution in [1.29, 1.82) is 5.26 Å². The Hall–Kier alpha value is -3.32. The van der Waals surface area contributed by atoms with Crippen molar-refractivity contribution in [2.45, 2.75) is 20.0 Å². The number of anilines is 1. The van der Waals surface area contributed by atoms with Crippen LogP contribution >= 0.6 is 0 Å². The number of rotatable bonds is 5. The Morgan fingerprint density at radius 3 is 2.62 bits per heavy atom. The summed E-state index contributed by atoms with van der Waals surface area (Å²) in [5, 5.41) is 11.1. The minimum Gasteiger partial charge on any atom is -0.481 e. The molecule has 130 valence electrons. The molecule has 3 rings (SSSR count). The van der Waals surface area contributed by atoms with Crippen molar-refractivity contribution in [2.75, 3.05) is 11.4 Å². The summed E-state index contributed by atoms with van der Waals surface area (Å²) in [6.45, 7) is 4.22. The molecule has 0 radical (unpaired) electrons. The molecule has 1 unspecified atom stereocenters. The molecule has 0 saturated heterocycles. The summed E-state index contributed by atoms with van der Waals surface area (Å²) < 4.78 is 5.79. The van der Waals surface area contributed by atoms with Crippen LogP contribution in [0.3, 0.4) is 0 Å². The third-order valence-electron chi connectivity index (χ3n) is 4.26. The van der Waals surface area contributed by atoms with Gasteiger partial charge in [0.2, 0.25) is 0 Å². The van der Waals surface area contributed by atoms with Crippen LogP contribution in [0.15, 0.2) is 66.7 Å². The summed E-state index contributed by atoms with van der Waals surface area (Å²) >= 11 is 0. The van der Waals surface area contributed by atoms with E-state index >= 15 is 0 Å².